The van der Waals surface area contributed by atoms with Crippen LogP contribution in [0.4, 0.5) is 0 Å². The summed E-state index contributed by atoms with van der Waals surface area (Å²) in [4.78, 5) is 0. The van der Waals surface area contributed by atoms with Crippen molar-refractivity contribution in [2.75, 3.05) is 0 Å². The van der Waals surface area contributed by atoms with E-state index in [0.29, 0.717) is 5.92 Å². The van der Waals surface area contributed by atoms with Gasteiger partial charge in [0.15, 0.2) is 0 Å². The van der Waals surface area contributed by atoms with Crippen LogP contribution >= 0.6 is 0 Å². The van der Waals surface area contributed by atoms with Crippen molar-refractivity contribution in [3.63, 3.8) is 0 Å². The monoisotopic (exact) mass is 235 g/mol. The van der Waals surface area contributed by atoms with Gasteiger partial charge in [0.2, 0.25) is 10.0 Å². The number of hydrogen-bond acceptors (Lipinski definition) is 2. The zero-order chi connectivity index (χ0) is 12.1. The maximum absolute atomic E-state index is 11.5. The summed E-state index contributed by atoms with van der Waals surface area (Å²) in [5.41, 5.74) is 0. The molecule has 0 aromatic carbocycles. The van der Waals surface area contributed by atoms with Crippen LogP contribution in [0.25, 0.3) is 0 Å². The Hall–Kier alpha value is -0.0900. The number of sulfonamides is 1. The summed E-state index contributed by atoms with van der Waals surface area (Å²) in [7, 11) is -3.10. The molecule has 1 atom stereocenters. The Bertz CT molecular complexity index is 258. The van der Waals surface area contributed by atoms with Crippen molar-refractivity contribution in [1.82, 2.24) is 4.72 Å². The Balaban J connectivity index is 3.89. The first kappa shape index (κ1) is 14.9. The Morgan fingerprint density at radius 1 is 1.00 bits per heavy atom. The average molecular weight is 235 g/mol. The molecule has 0 radical (unpaired) electrons. The number of nitrogens with one attached hydrogen (secondary N) is 1. The van der Waals surface area contributed by atoms with E-state index in [1.54, 1.807) is 13.8 Å². The van der Waals surface area contributed by atoms with E-state index in [9.17, 15) is 8.42 Å². The molecule has 0 bridgehead atoms. The summed E-state index contributed by atoms with van der Waals surface area (Å²) >= 11 is 0. The molecule has 0 aliphatic heterocycles. The lowest BCUT2D eigenvalue weighted by Gasteiger charge is -2.16. The molecule has 0 saturated heterocycles. The number of hydrogen-bond donors (Lipinski definition) is 1. The fourth-order valence-electron chi connectivity index (χ4n) is 1.31. The van der Waals surface area contributed by atoms with Crippen molar-refractivity contribution in [3.05, 3.63) is 0 Å². The van der Waals surface area contributed by atoms with Gasteiger partial charge < -0.3 is 0 Å². The molecule has 1 unspecified atom stereocenters. The van der Waals surface area contributed by atoms with Crippen molar-refractivity contribution in [2.45, 2.75) is 65.2 Å². The molecular formula is C11H25NO2S. The Morgan fingerprint density at radius 3 is 1.93 bits per heavy atom. The van der Waals surface area contributed by atoms with E-state index in [1.165, 1.54) is 0 Å². The van der Waals surface area contributed by atoms with Crippen molar-refractivity contribution >= 4 is 10.0 Å². The highest BCUT2D eigenvalue weighted by Gasteiger charge is 2.18. The molecule has 0 aliphatic carbocycles. The van der Waals surface area contributed by atoms with Gasteiger partial charge in [0.1, 0.15) is 0 Å². The summed E-state index contributed by atoms with van der Waals surface area (Å²) in [6.45, 7) is 9.69. The highest BCUT2D eigenvalue weighted by molar-refractivity contribution is 7.90. The van der Waals surface area contributed by atoms with Gasteiger partial charge in [-0.2, -0.15) is 0 Å². The van der Waals surface area contributed by atoms with E-state index >= 15 is 0 Å². The van der Waals surface area contributed by atoms with E-state index in [1.807, 2.05) is 6.92 Å². The molecule has 92 valence electrons. The number of rotatable bonds is 7. The predicted octanol–water partition coefficient (Wildman–Crippen LogP) is 2.53. The molecule has 0 rings (SSSR count). The second-order valence-electron chi connectivity index (χ2n) is 4.94. The summed E-state index contributed by atoms with van der Waals surface area (Å²) < 4.78 is 25.8. The molecule has 3 nitrogen and oxygen atoms in total. The second kappa shape index (κ2) is 6.48. The lowest BCUT2D eigenvalue weighted by Crippen LogP contribution is -2.37. The summed E-state index contributed by atoms with van der Waals surface area (Å²) in [6.07, 6.45) is 3.16. The molecule has 4 heteroatoms. The smallest absolute Gasteiger partial charge is 0.212 e. The average Bonchev–Trinajstić information content (AvgIpc) is 2.01. The van der Waals surface area contributed by atoms with E-state index in [4.69, 9.17) is 0 Å². The second-order valence-corrected chi connectivity index (χ2v) is 7.21. The normalized spacial score (nSPS) is 14.9. The molecule has 0 aromatic heterocycles. The minimum atomic E-state index is -3.10. The van der Waals surface area contributed by atoms with Crippen LogP contribution in [0.3, 0.4) is 0 Å². The van der Waals surface area contributed by atoms with Crippen LogP contribution in [0.1, 0.15) is 53.9 Å². The minimum absolute atomic E-state index is 0.0520. The molecule has 0 aromatic rings. The predicted molar refractivity (Wildman–Crippen MR) is 65.3 cm³/mol. The third-order valence-electron chi connectivity index (χ3n) is 2.40. The highest BCUT2D eigenvalue weighted by atomic mass is 32.2. The van der Waals surface area contributed by atoms with Crippen LogP contribution in [0.15, 0.2) is 0 Å². The molecule has 0 saturated carbocycles. The standard InChI is InChI=1S/C11H25NO2S/c1-9(2)7-6-8-11(5)12-15(13,14)10(3)4/h9-12H,6-8H2,1-5H3. The molecule has 0 heterocycles. The molecule has 15 heavy (non-hydrogen) atoms. The zero-order valence-electron chi connectivity index (χ0n) is 10.6. The third-order valence-corrected chi connectivity index (χ3v) is 4.38. The first-order valence-electron chi connectivity index (χ1n) is 5.77. The van der Waals surface area contributed by atoms with Crippen LogP contribution in [-0.4, -0.2) is 19.7 Å². The van der Waals surface area contributed by atoms with Crippen LogP contribution < -0.4 is 4.72 Å². The van der Waals surface area contributed by atoms with Crippen molar-refractivity contribution in [2.24, 2.45) is 5.92 Å². The van der Waals surface area contributed by atoms with Gasteiger partial charge in [-0.15, -0.1) is 0 Å². The molecule has 1 N–H and O–H groups in total. The quantitative estimate of drug-likeness (QED) is 0.737. The first-order chi connectivity index (χ1) is 6.75. The SMILES string of the molecule is CC(C)CCCC(C)NS(=O)(=O)C(C)C. The summed E-state index contributed by atoms with van der Waals surface area (Å²) in [6, 6.07) is 0.0520. The van der Waals surface area contributed by atoms with Gasteiger partial charge in [-0.1, -0.05) is 26.7 Å². The largest absolute Gasteiger partial charge is 0.214 e. The van der Waals surface area contributed by atoms with Crippen LogP contribution in [0.2, 0.25) is 0 Å². The first-order valence-corrected chi connectivity index (χ1v) is 7.31. The lowest BCUT2D eigenvalue weighted by atomic mass is 10.0. The molecule has 0 amide bonds. The van der Waals surface area contributed by atoms with Gasteiger partial charge in [-0.05, 0) is 33.1 Å². The van der Waals surface area contributed by atoms with Gasteiger partial charge in [-0.25, -0.2) is 13.1 Å². The van der Waals surface area contributed by atoms with E-state index < -0.39 is 10.0 Å². The van der Waals surface area contributed by atoms with E-state index in [2.05, 4.69) is 18.6 Å². The fraction of sp³-hybridized carbons (Fsp3) is 1.00. The fourth-order valence-corrected chi connectivity index (χ4v) is 2.26. The lowest BCUT2D eigenvalue weighted by molar-refractivity contribution is 0.486. The van der Waals surface area contributed by atoms with Gasteiger partial charge >= 0.3 is 0 Å². The van der Waals surface area contributed by atoms with Gasteiger partial charge in [0.25, 0.3) is 0 Å². The molecule has 0 fully saturated rings. The van der Waals surface area contributed by atoms with Crippen molar-refractivity contribution < 1.29 is 8.42 Å². The van der Waals surface area contributed by atoms with Crippen LogP contribution in [-0.2, 0) is 10.0 Å². The van der Waals surface area contributed by atoms with Crippen molar-refractivity contribution in [1.29, 1.82) is 0 Å². The highest BCUT2D eigenvalue weighted by Crippen LogP contribution is 2.09. The van der Waals surface area contributed by atoms with Gasteiger partial charge in [-0.3, -0.25) is 0 Å². The molecular weight excluding hydrogens is 210 g/mol. The Labute approximate surface area is 94.7 Å². The maximum atomic E-state index is 11.5. The summed E-state index contributed by atoms with van der Waals surface area (Å²) in [5.74, 6) is 0.693. The van der Waals surface area contributed by atoms with Gasteiger partial charge in [0.05, 0.1) is 5.25 Å². The zero-order valence-corrected chi connectivity index (χ0v) is 11.4. The topological polar surface area (TPSA) is 46.2 Å². The van der Waals surface area contributed by atoms with Crippen LogP contribution in [0.5, 0.6) is 0 Å². The van der Waals surface area contributed by atoms with E-state index in [0.717, 1.165) is 19.3 Å². The Kier molecular flexibility index (Phi) is 6.44. The maximum Gasteiger partial charge on any atom is 0.214 e. The van der Waals surface area contributed by atoms with Crippen molar-refractivity contribution in [3.8, 4) is 0 Å². The van der Waals surface area contributed by atoms with Crippen LogP contribution in [0, 0.1) is 5.92 Å². The van der Waals surface area contributed by atoms with E-state index in [-0.39, 0.29) is 11.3 Å². The van der Waals surface area contributed by atoms with Gasteiger partial charge in [0, 0.05) is 6.04 Å². The molecule has 0 aliphatic rings. The Morgan fingerprint density at radius 2 is 1.53 bits per heavy atom. The summed E-state index contributed by atoms with van der Waals surface area (Å²) in [5, 5.41) is -0.343. The molecule has 0 spiro atoms. The third kappa shape index (κ3) is 6.90. The minimum Gasteiger partial charge on any atom is -0.212 e.